The van der Waals surface area contributed by atoms with Gasteiger partial charge in [0, 0.05) is 5.56 Å². The number of benzene rings is 1. The Morgan fingerprint density at radius 2 is 2.14 bits per heavy atom. The SMILES string of the molecule is N#Cc1cccc(-c2ccc(C(=O)O)n3nc(N)nc23)c1. The summed E-state index contributed by atoms with van der Waals surface area (Å²) in [5, 5.41) is 22.0. The van der Waals surface area contributed by atoms with Crippen LogP contribution in [0, 0.1) is 11.3 Å². The lowest BCUT2D eigenvalue weighted by Crippen LogP contribution is -2.07. The Labute approximate surface area is 118 Å². The topological polar surface area (TPSA) is 117 Å². The van der Waals surface area contributed by atoms with Gasteiger partial charge in [0.05, 0.1) is 11.6 Å². The van der Waals surface area contributed by atoms with Crippen molar-refractivity contribution in [2.75, 3.05) is 5.73 Å². The van der Waals surface area contributed by atoms with Crippen LogP contribution in [-0.4, -0.2) is 25.7 Å². The quantitative estimate of drug-likeness (QED) is 0.734. The van der Waals surface area contributed by atoms with Crippen LogP contribution in [0.3, 0.4) is 0 Å². The second kappa shape index (κ2) is 4.61. The van der Waals surface area contributed by atoms with Crippen LogP contribution in [0.1, 0.15) is 16.1 Å². The molecule has 0 amide bonds. The van der Waals surface area contributed by atoms with Crippen molar-refractivity contribution in [2.45, 2.75) is 0 Å². The van der Waals surface area contributed by atoms with Gasteiger partial charge >= 0.3 is 5.97 Å². The Hall–Kier alpha value is -3.40. The number of nitrogens with two attached hydrogens (primary N) is 1. The van der Waals surface area contributed by atoms with Gasteiger partial charge in [-0.2, -0.15) is 10.2 Å². The van der Waals surface area contributed by atoms with Gasteiger partial charge < -0.3 is 10.8 Å². The van der Waals surface area contributed by atoms with Crippen molar-refractivity contribution in [3.05, 3.63) is 47.7 Å². The molecule has 0 spiro atoms. The molecule has 3 rings (SSSR count). The Kier molecular flexibility index (Phi) is 2.77. The molecule has 21 heavy (non-hydrogen) atoms. The molecular formula is C14H9N5O2. The summed E-state index contributed by atoms with van der Waals surface area (Å²) in [7, 11) is 0. The highest BCUT2D eigenvalue weighted by atomic mass is 16.4. The number of nitrogen functional groups attached to an aromatic ring is 1. The number of nitriles is 1. The average Bonchev–Trinajstić information content (AvgIpc) is 2.87. The molecule has 1 aromatic carbocycles. The number of rotatable bonds is 2. The summed E-state index contributed by atoms with van der Waals surface area (Å²) >= 11 is 0. The number of pyridine rings is 1. The van der Waals surface area contributed by atoms with E-state index in [1.165, 1.54) is 10.6 Å². The van der Waals surface area contributed by atoms with E-state index in [0.29, 0.717) is 16.8 Å². The highest BCUT2D eigenvalue weighted by molar-refractivity contribution is 5.89. The maximum absolute atomic E-state index is 11.2. The number of carbonyl (C=O) groups is 1. The van der Waals surface area contributed by atoms with Gasteiger partial charge in [-0.3, -0.25) is 0 Å². The number of aromatic nitrogens is 3. The molecule has 0 radical (unpaired) electrons. The summed E-state index contributed by atoms with van der Waals surface area (Å²) in [6.07, 6.45) is 0. The largest absolute Gasteiger partial charge is 0.477 e. The second-order valence-corrected chi connectivity index (χ2v) is 4.34. The molecular weight excluding hydrogens is 270 g/mol. The first kappa shape index (κ1) is 12.6. The molecule has 0 fully saturated rings. The smallest absolute Gasteiger partial charge is 0.354 e. The number of fused-ring (bicyclic) bond motifs is 1. The van der Waals surface area contributed by atoms with Gasteiger partial charge in [-0.05, 0) is 29.8 Å². The molecule has 7 nitrogen and oxygen atoms in total. The Morgan fingerprint density at radius 1 is 1.33 bits per heavy atom. The van der Waals surface area contributed by atoms with E-state index in [2.05, 4.69) is 16.2 Å². The summed E-state index contributed by atoms with van der Waals surface area (Å²) in [6, 6.07) is 12.0. The van der Waals surface area contributed by atoms with E-state index >= 15 is 0 Å². The molecule has 2 heterocycles. The fraction of sp³-hybridized carbons (Fsp3) is 0. The van der Waals surface area contributed by atoms with Crippen LogP contribution in [0.5, 0.6) is 0 Å². The molecule has 0 aliphatic heterocycles. The van der Waals surface area contributed by atoms with Crippen molar-refractivity contribution >= 4 is 17.6 Å². The number of carboxylic acids is 1. The first-order valence-electron chi connectivity index (χ1n) is 5.99. The van der Waals surface area contributed by atoms with Crippen LogP contribution in [0.4, 0.5) is 5.95 Å². The molecule has 2 aromatic heterocycles. The first-order chi connectivity index (χ1) is 10.1. The number of anilines is 1. The van der Waals surface area contributed by atoms with E-state index in [0.717, 1.165) is 5.56 Å². The molecule has 3 N–H and O–H groups in total. The molecule has 102 valence electrons. The zero-order valence-electron chi connectivity index (χ0n) is 10.7. The van der Waals surface area contributed by atoms with Gasteiger partial charge in [0.1, 0.15) is 0 Å². The van der Waals surface area contributed by atoms with Crippen LogP contribution in [0.2, 0.25) is 0 Å². The maximum Gasteiger partial charge on any atom is 0.354 e. The maximum atomic E-state index is 11.2. The van der Waals surface area contributed by atoms with Crippen LogP contribution in [0.15, 0.2) is 36.4 Å². The lowest BCUT2D eigenvalue weighted by Gasteiger charge is -2.05. The van der Waals surface area contributed by atoms with E-state index in [-0.39, 0.29) is 11.6 Å². The standard InChI is InChI=1S/C14H9N5O2/c15-7-8-2-1-3-9(6-8)10-4-5-11(13(20)21)19-12(10)17-14(16)18-19/h1-6H,(H2,16,18)(H,20,21). The summed E-state index contributed by atoms with van der Waals surface area (Å²) in [4.78, 5) is 15.3. The number of carboxylic acid groups (broad SMARTS) is 1. The highest BCUT2D eigenvalue weighted by Gasteiger charge is 2.16. The van der Waals surface area contributed by atoms with E-state index in [1.54, 1.807) is 24.3 Å². The third-order valence-electron chi connectivity index (χ3n) is 3.02. The number of aromatic carboxylic acids is 1. The normalized spacial score (nSPS) is 10.4. The molecule has 0 bridgehead atoms. The molecule has 0 unspecified atom stereocenters. The van der Waals surface area contributed by atoms with Crippen molar-refractivity contribution in [1.82, 2.24) is 14.6 Å². The summed E-state index contributed by atoms with van der Waals surface area (Å²) in [5.74, 6) is -1.14. The van der Waals surface area contributed by atoms with Gasteiger partial charge in [-0.25, -0.2) is 9.31 Å². The molecule has 7 heteroatoms. The van der Waals surface area contributed by atoms with Crippen molar-refractivity contribution in [3.63, 3.8) is 0 Å². The van der Waals surface area contributed by atoms with Crippen molar-refractivity contribution in [3.8, 4) is 17.2 Å². The molecule has 0 aliphatic rings. The molecule has 0 aliphatic carbocycles. The zero-order chi connectivity index (χ0) is 15.0. The Balaban J connectivity index is 2.31. The fourth-order valence-corrected chi connectivity index (χ4v) is 2.12. The van der Waals surface area contributed by atoms with E-state index in [1.807, 2.05) is 6.07 Å². The van der Waals surface area contributed by atoms with Crippen LogP contribution in [-0.2, 0) is 0 Å². The molecule has 0 atom stereocenters. The van der Waals surface area contributed by atoms with Crippen molar-refractivity contribution in [1.29, 1.82) is 5.26 Å². The van der Waals surface area contributed by atoms with Crippen LogP contribution >= 0.6 is 0 Å². The lowest BCUT2D eigenvalue weighted by atomic mass is 10.0. The average molecular weight is 279 g/mol. The van der Waals surface area contributed by atoms with E-state index < -0.39 is 5.97 Å². The molecule has 0 saturated carbocycles. The van der Waals surface area contributed by atoms with Crippen LogP contribution < -0.4 is 5.73 Å². The number of nitrogens with zero attached hydrogens (tertiary/aromatic N) is 4. The second-order valence-electron chi connectivity index (χ2n) is 4.34. The van der Waals surface area contributed by atoms with E-state index in [9.17, 15) is 4.79 Å². The number of hydrogen-bond acceptors (Lipinski definition) is 5. The Bertz CT molecular complexity index is 907. The van der Waals surface area contributed by atoms with Crippen LogP contribution in [0.25, 0.3) is 16.8 Å². The minimum Gasteiger partial charge on any atom is -0.477 e. The first-order valence-corrected chi connectivity index (χ1v) is 5.99. The van der Waals surface area contributed by atoms with Gasteiger partial charge in [-0.1, -0.05) is 12.1 Å². The summed E-state index contributed by atoms with van der Waals surface area (Å²) < 4.78 is 1.19. The van der Waals surface area contributed by atoms with Crippen molar-refractivity contribution < 1.29 is 9.90 Å². The zero-order valence-corrected chi connectivity index (χ0v) is 10.7. The van der Waals surface area contributed by atoms with Crippen molar-refractivity contribution in [2.24, 2.45) is 0 Å². The minimum absolute atomic E-state index is 0.0126. The van der Waals surface area contributed by atoms with Gasteiger partial charge in [-0.15, -0.1) is 5.10 Å². The monoisotopic (exact) mass is 279 g/mol. The van der Waals surface area contributed by atoms with Gasteiger partial charge in [0.25, 0.3) is 0 Å². The van der Waals surface area contributed by atoms with E-state index in [4.69, 9.17) is 16.1 Å². The fourth-order valence-electron chi connectivity index (χ4n) is 2.12. The predicted octanol–water partition coefficient (Wildman–Crippen LogP) is 1.55. The minimum atomic E-state index is -1.12. The lowest BCUT2D eigenvalue weighted by molar-refractivity contribution is 0.0687. The van der Waals surface area contributed by atoms with Gasteiger partial charge in [0.15, 0.2) is 11.3 Å². The third kappa shape index (κ3) is 2.04. The Morgan fingerprint density at radius 3 is 2.86 bits per heavy atom. The molecule has 0 saturated heterocycles. The number of hydrogen-bond donors (Lipinski definition) is 2. The summed E-state index contributed by atoms with van der Waals surface area (Å²) in [5.41, 5.74) is 7.77. The third-order valence-corrected chi connectivity index (χ3v) is 3.02. The summed E-state index contributed by atoms with van der Waals surface area (Å²) in [6.45, 7) is 0. The molecule has 3 aromatic rings. The van der Waals surface area contributed by atoms with Gasteiger partial charge in [0.2, 0.25) is 5.95 Å². The highest BCUT2D eigenvalue weighted by Crippen LogP contribution is 2.25. The predicted molar refractivity (Wildman–Crippen MR) is 74.5 cm³/mol.